The lowest BCUT2D eigenvalue weighted by atomic mass is 9.97. The smallest absolute Gasteiger partial charge is 0.253 e. The minimum atomic E-state index is -0.0887. The number of piperidine rings is 1. The number of hydrogen-bond donors (Lipinski definition) is 2. The van der Waals surface area contributed by atoms with Gasteiger partial charge < -0.3 is 15.5 Å². The zero-order chi connectivity index (χ0) is 22.1. The van der Waals surface area contributed by atoms with Crippen molar-refractivity contribution >= 4 is 23.2 Å². The predicted octanol–water partition coefficient (Wildman–Crippen LogP) is 5.02. The fourth-order valence-corrected chi connectivity index (χ4v) is 3.94. The molecule has 2 aromatic carbocycles. The van der Waals surface area contributed by atoms with E-state index < -0.39 is 0 Å². The summed E-state index contributed by atoms with van der Waals surface area (Å²) in [6, 6.07) is 15.9. The van der Waals surface area contributed by atoms with E-state index in [1.54, 1.807) is 0 Å². The first kappa shape index (κ1) is 22.9. The number of anilines is 2. The fraction of sp³-hybridized carbons (Fsp3) is 0.462. The Balaban J connectivity index is 1.73. The number of nitrogens with one attached hydrogen (secondary N) is 2. The molecule has 0 saturated carbocycles. The van der Waals surface area contributed by atoms with Gasteiger partial charge in [-0.1, -0.05) is 50.6 Å². The zero-order valence-electron chi connectivity index (χ0n) is 18.8. The Bertz CT molecular complexity index is 858. The molecule has 1 heterocycles. The van der Waals surface area contributed by atoms with Crippen LogP contribution in [0.1, 0.15) is 61.9 Å². The van der Waals surface area contributed by atoms with Crippen molar-refractivity contribution in [3.05, 3.63) is 59.7 Å². The van der Waals surface area contributed by atoms with Crippen molar-refractivity contribution in [3.8, 4) is 0 Å². The Kier molecular flexibility index (Phi) is 8.51. The molecule has 0 radical (unpaired) electrons. The highest BCUT2D eigenvalue weighted by atomic mass is 16.2. The van der Waals surface area contributed by atoms with Crippen molar-refractivity contribution in [1.82, 2.24) is 5.32 Å². The van der Waals surface area contributed by atoms with Gasteiger partial charge in [0.05, 0.1) is 5.56 Å². The zero-order valence-corrected chi connectivity index (χ0v) is 18.8. The molecule has 0 spiro atoms. The number of rotatable bonds is 9. The number of amides is 2. The minimum absolute atomic E-state index is 0.00293. The molecule has 2 N–H and O–H groups in total. The van der Waals surface area contributed by atoms with Gasteiger partial charge in [0.1, 0.15) is 0 Å². The van der Waals surface area contributed by atoms with Gasteiger partial charge in [-0.25, -0.2) is 0 Å². The van der Waals surface area contributed by atoms with Crippen LogP contribution < -0.4 is 15.5 Å². The topological polar surface area (TPSA) is 61.4 Å². The number of unbranched alkanes of at least 4 members (excludes halogenated alkanes) is 1. The maximum atomic E-state index is 13.1. The average molecular weight is 422 g/mol. The van der Waals surface area contributed by atoms with Crippen LogP contribution in [0.4, 0.5) is 11.4 Å². The van der Waals surface area contributed by atoms with Gasteiger partial charge in [-0.15, -0.1) is 0 Å². The van der Waals surface area contributed by atoms with Crippen LogP contribution in [-0.2, 0) is 11.2 Å². The number of nitrogens with zero attached hydrogens (tertiary/aromatic N) is 1. The third-order valence-electron chi connectivity index (χ3n) is 5.95. The fourth-order valence-electron chi connectivity index (χ4n) is 3.94. The molecule has 0 aromatic heterocycles. The Morgan fingerprint density at radius 2 is 1.81 bits per heavy atom. The van der Waals surface area contributed by atoms with E-state index in [0.717, 1.165) is 56.8 Å². The first-order chi connectivity index (χ1) is 15.1. The van der Waals surface area contributed by atoms with E-state index in [0.29, 0.717) is 24.2 Å². The van der Waals surface area contributed by atoms with Gasteiger partial charge in [-0.3, -0.25) is 9.59 Å². The van der Waals surface area contributed by atoms with Crippen molar-refractivity contribution < 1.29 is 9.59 Å². The summed E-state index contributed by atoms with van der Waals surface area (Å²) in [4.78, 5) is 27.6. The van der Waals surface area contributed by atoms with E-state index in [4.69, 9.17) is 0 Å². The van der Waals surface area contributed by atoms with Crippen LogP contribution in [0, 0.1) is 5.92 Å². The van der Waals surface area contributed by atoms with Gasteiger partial charge >= 0.3 is 0 Å². The normalized spacial score (nSPS) is 14.3. The summed E-state index contributed by atoms with van der Waals surface area (Å²) >= 11 is 0. The maximum absolute atomic E-state index is 13.1. The summed E-state index contributed by atoms with van der Waals surface area (Å²) in [6.07, 6.45) is 5.39. The number of hydrogen-bond acceptors (Lipinski definition) is 3. The van der Waals surface area contributed by atoms with Gasteiger partial charge in [0.15, 0.2) is 0 Å². The summed E-state index contributed by atoms with van der Waals surface area (Å²) in [5.74, 6) is 0.627. The van der Waals surface area contributed by atoms with E-state index in [-0.39, 0.29) is 11.8 Å². The van der Waals surface area contributed by atoms with Gasteiger partial charge in [0.2, 0.25) is 5.91 Å². The van der Waals surface area contributed by atoms with Crippen molar-refractivity contribution in [2.75, 3.05) is 29.9 Å². The summed E-state index contributed by atoms with van der Waals surface area (Å²) in [5, 5.41) is 6.03. The van der Waals surface area contributed by atoms with Gasteiger partial charge in [0, 0.05) is 37.4 Å². The summed E-state index contributed by atoms with van der Waals surface area (Å²) < 4.78 is 0. The van der Waals surface area contributed by atoms with Crippen LogP contribution in [0.5, 0.6) is 0 Å². The summed E-state index contributed by atoms with van der Waals surface area (Å²) in [7, 11) is 0. The van der Waals surface area contributed by atoms with Crippen LogP contribution in [0.15, 0.2) is 48.5 Å². The highest BCUT2D eigenvalue weighted by Crippen LogP contribution is 2.29. The standard InChI is InChI=1S/C26H35N3O2/c1-3-4-10-25(30)28-22-11-12-24(29-17-14-20(2)15-18-29)23(19-22)26(31)27-16-13-21-8-6-5-7-9-21/h5-9,11-12,19-20H,3-4,10,13-18H2,1-2H3,(H,27,31)(H,28,30). The third kappa shape index (κ3) is 6.84. The molecule has 1 saturated heterocycles. The number of benzene rings is 2. The molecule has 166 valence electrons. The lowest BCUT2D eigenvalue weighted by Crippen LogP contribution is -2.35. The van der Waals surface area contributed by atoms with E-state index in [2.05, 4.69) is 41.5 Å². The second-order valence-corrected chi connectivity index (χ2v) is 8.54. The first-order valence-electron chi connectivity index (χ1n) is 11.6. The Labute approximate surface area is 186 Å². The van der Waals surface area contributed by atoms with Crippen molar-refractivity contribution in [2.24, 2.45) is 5.92 Å². The largest absolute Gasteiger partial charge is 0.371 e. The van der Waals surface area contributed by atoms with E-state index >= 15 is 0 Å². The molecule has 1 aliphatic rings. The Morgan fingerprint density at radius 1 is 1.06 bits per heavy atom. The van der Waals surface area contributed by atoms with Gasteiger partial charge in [-0.05, 0) is 55.4 Å². The second-order valence-electron chi connectivity index (χ2n) is 8.54. The van der Waals surface area contributed by atoms with E-state index in [1.165, 1.54) is 5.56 Å². The molecule has 0 aliphatic carbocycles. The number of carbonyl (C=O) groups excluding carboxylic acids is 2. The predicted molar refractivity (Wildman–Crippen MR) is 128 cm³/mol. The van der Waals surface area contributed by atoms with E-state index in [9.17, 15) is 9.59 Å². The SMILES string of the molecule is CCCCC(=O)Nc1ccc(N2CCC(C)CC2)c(C(=O)NCCc2ccccc2)c1. The first-order valence-corrected chi connectivity index (χ1v) is 11.6. The molecular formula is C26H35N3O2. The molecule has 5 heteroatoms. The molecule has 1 aliphatic heterocycles. The van der Waals surface area contributed by atoms with Crippen molar-refractivity contribution in [2.45, 2.75) is 52.4 Å². The monoisotopic (exact) mass is 421 g/mol. The van der Waals surface area contributed by atoms with Crippen molar-refractivity contribution in [3.63, 3.8) is 0 Å². The molecule has 2 aromatic rings. The summed E-state index contributed by atoms with van der Waals surface area (Å²) in [6.45, 7) is 6.83. The third-order valence-corrected chi connectivity index (χ3v) is 5.95. The molecule has 5 nitrogen and oxygen atoms in total. The highest BCUT2D eigenvalue weighted by Gasteiger charge is 2.21. The summed E-state index contributed by atoms with van der Waals surface area (Å²) in [5.41, 5.74) is 3.47. The van der Waals surface area contributed by atoms with Crippen LogP contribution in [0.25, 0.3) is 0 Å². The molecule has 0 atom stereocenters. The minimum Gasteiger partial charge on any atom is -0.371 e. The molecule has 2 amide bonds. The van der Waals surface area contributed by atoms with Crippen LogP contribution in [0.3, 0.4) is 0 Å². The molecular weight excluding hydrogens is 386 g/mol. The molecule has 3 rings (SSSR count). The van der Waals surface area contributed by atoms with Crippen LogP contribution >= 0.6 is 0 Å². The molecule has 0 bridgehead atoms. The Morgan fingerprint density at radius 3 is 2.52 bits per heavy atom. The maximum Gasteiger partial charge on any atom is 0.253 e. The quantitative estimate of drug-likeness (QED) is 0.597. The average Bonchev–Trinajstić information content (AvgIpc) is 2.79. The van der Waals surface area contributed by atoms with Gasteiger partial charge in [0.25, 0.3) is 5.91 Å². The van der Waals surface area contributed by atoms with Crippen LogP contribution in [0.2, 0.25) is 0 Å². The van der Waals surface area contributed by atoms with E-state index in [1.807, 2.05) is 36.4 Å². The Hall–Kier alpha value is -2.82. The lowest BCUT2D eigenvalue weighted by molar-refractivity contribution is -0.116. The lowest BCUT2D eigenvalue weighted by Gasteiger charge is -2.33. The highest BCUT2D eigenvalue weighted by molar-refractivity contribution is 6.02. The van der Waals surface area contributed by atoms with Crippen LogP contribution in [-0.4, -0.2) is 31.4 Å². The molecule has 0 unspecified atom stereocenters. The molecule has 1 fully saturated rings. The second kappa shape index (κ2) is 11.5. The van der Waals surface area contributed by atoms with Gasteiger partial charge in [-0.2, -0.15) is 0 Å². The molecule has 31 heavy (non-hydrogen) atoms. The number of carbonyl (C=O) groups is 2. The van der Waals surface area contributed by atoms with Crippen molar-refractivity contribution in [1.29, 1.82) is 0 Å².